The molecule has 1 atom stereocenters. The largest absolute Gasteiger partial charge is 0.490 e. The van der Waals surface area contributed by atoms with Gasteiger partial charge in [-0.05, 0) is 31.5 Å². The summed E-state index contributed by atoms with van der Waals surface area (Å²) in [6.07, 6.45) is 0. The van der Waals surface area contributed by atoms with Crippen LogP contribution < -0.4 is 15.2 Å². The summed E-state index contributed by atoms with van der Waals surface area (Å²) >= 11 is 0. The van der Waals surface area contributed by atoms with Gasteiger partial charge in [-0.15, -0.1) is 0 Å². The van der Waals surface area contributed by atoms with E-state index in [1.54, 1.807) is 0 Å². The number of nitrogens with zero attached hydrogens (tertiary/aromatic N) is 2. The SMILES string of the molecule is CCOc1ccc(C(N)c2nc(C(C)C)n[nH]2)cc1OCC. The van der Waals surface area contributed by atoms with E-state index in [1.165, 1.54) is 0 Å². The molecule has 0 aliphatic heterocycles. The highest BCUT2D eigenvalue weighted by molar-refractivity contribution is 5.44. The molecule has 0 saturated carbocycles. The highest BCUT2D eigenvalue weighted by atomic mass is 16.5. The number of aromatic nitrogens is 3. The Balaban J connectivity index is 2.28. The third-order valence-corrected chi connectivity index (χ3v) is 3.26. The van der Waals surface area contributed by atoms with Gasteiger partial charge >= 0.3 is 0 Å². The molecule has 1 aromatic carbocycles. The quantitative estimate of drug-likeness (QED) is 0.821. The maximum absolute atomic E-state index is 6.29. The van der Waals surface area contributed by atoms with E-state index in [4.69, 9.17) is 15.2 Å². The molecule has 0 saturated heterocycles. The zero-order valence-corrected chi connectivity index (χ0v) is 13.6. The summed E-state index contributed by atoms with van der Waals surface area (Å²) in [6, 6.07) is 5.32. The fraction of sp³-hybridized carbons (Fsp3) is 0.500. The minimum absolute atomic E-state index is 0.261. The van der Waals surface area contributed by atoms with Crippen molar-refractivity contribution in [3.63, 3.8) is 0 Å². The molecular formula is C16H24N4O2. The van der Waals surface area contributed by atoms with Crippen molar-refractivity contribution in [1.29, 1.82) is 0 Å². The normalized spacial score (nSPS) is 12.5. The summed E-state index contributed by atoms with van der Waals surface area (Å²) in [6.45, 7) is 9.13. The monoisotopic (exact) mass is 304 g/mol. The zero-order valence-electron chi connectivity index (χ0n) is 13.6. The Kier molecular flexibility index (Phi) is 5.38. The van der Waals surface area contributed by atoms with E-state index in [1.807, 2.05) is 45.9 Å². The number of aromatic amines is 1. The smallest absolute Gasteiger partial charge is 0.161 e. The van der Waals surface area contributed by atoms with E-state index in [9.17, 15) is 0 Å². The minimum atomic E-state index is -0.380. The molecule has 6 nitrogen and oxygen atoms in total. The van der Waals surface area contributed by atoms with E-state index >= 15 is 0 Å². The van der Waals surface area contributed by atoms with Crippen molar-refractivity contribution < 1.29 is 9.47 Å². The van der Waals surface area contributed by atoms with Crippen LogP contribution in [0.15, 0.2) is 18.2 Å². The Morgan fingerprint density at radius 3 is 2.41 bits per heavy atom. The Bertz CT molecular complexity index is 610. The first-order valence-corrected chi connectivity index (χ1v) is 7.64. The summed E-state index contributed by atoms with van der Waals surface area (Å²) in [5.74, 6) is 3.09. The van der Waals surface area contributed by atoms with Crippen molar-refractivity contribution in [2.45, 2.75) is 39.7 Å². The lowest BCUT2D eigenvalue weighted by Gasteiger charge is -2.14. The van der Waals surface area contributed by atoms with E-state index in [2.05, 4.69) is 15.2 Å². The molecule has 120 valence electrons. The Morgan fingerprint density at radius 1 is 1.14 bits per heavy atom. The van der Waals surface area contributed by atoms with Gasteiger partial charge in [-0.1, -0.05) is 19.9 Å². The summed E-state index contributed by atoms with van der Waals surface area (Å²) in [4.78, 5) is 4.46. The van der Waals surface area contributed by atoms with Gasteiger partial charge in [0.1, 0.15) is 5.82 Å². The molecule has 0 amide bonds. The van der Waals surface area contributed by atoms with Crippen LogP contribution in [0.2, 0.25) is 0 Å². The molecule has 0 aliphatic carbocycles. The number of ether oxygens (including phenoxy) is 2. The van der Waals surface area contributed by atoms with Crippen LogP contribution in [0, 0.1) is 0 Å². The molecular weight excluding hydrogens is 280 g/mol. The number of rotatable bonds is 7. The predicted molar refractivity (Wildman–Crippen MR) is 85.3 cm³/mol. The molecule has 22 heavy (non-hydrogen) atoms. The highest BCUT2D eigenvalue weighted by Crippen LogP contribution is 2.31. The van der Waals surface area contributed by atoms with E-state index < -0.39 is 0 Å². The molecule has 1 heterocycles. The Morgan fingerprint density at radius 2 is 1.82 bits per heavy atom. The fourth-order valence-corrected chi connectivity index (χ4v) is 2.10. The van der Waals surface area contributed by atoms with Crippen molar-refractivity contribution in [3.05, 3.63) is 35.4 Å². The van der Waals surface area contributed by atoms with Crippen LogP contribution in [0.5, 0.6) is 11.5 Å². The third-order valence-electron chi connectivity index (χ3n) is 3.26. The highest BCUT2D eigenvalue weighted by Gasteiger charge is 2.17. The molecule has 1 aromatic heterocycles. The number of hydrogen-bond donors (Lipinski definition) is 2. The molecule has 3 N–H and O–H groups in total. The first kappa shape index (κ1) is 16.3. The van der Waals surface area contributed by atoms with Gasteiger partial charge in [0.15, 0.2) is 17.3 Å². The van der Waals surface area contributed by atoms with Gasteiger partial charge in [-0.2, -0.15) is 5.10 Å². The number of H-pyrrole nitrogens is 1. The molecule has 6 heteroatoms. The first-order chi connectivity index (χ1) is 10.6. The van der Waals surface area contributed by atoms with Crippen molar-refractivity contribution in [3.8, 4) is 11.5 Å². The molecule has 2 aromatic rings. The maximum atomic E-state index is 6.29. The summed E-state index contributed by atoms with van der Waals surface area (Å²) in [7, 11) is 0. The number of hydrogen-bond acceptors (Lipinski definition) is 5. The van der Waals surface area contributed by atoms with Crippen LogP contribution in [0.25, 0.3) is 0 Å². The lowest BCUT2D eigenvalue weighted by molar-refractivity contribution is 0.287. The van der Waals surface area contributed by atoms with Crippen molar-refractivity contribution >= 4 is 0 Å². The lowest BCUT2D eigenvalue weighted by Crippen LogP contribution is -2.14. The van der Waals surface area contributed by atoms with Crippen molar-refractivity contribution in [2.75, 3.05) is 13.2 Å². The topological polar surface area (TPSA) is 86.0 Å². The molecule has 0 fully saturated rings. The Labute approximate surface area is 131 Å². The summed E-state index contributed by atoms with van der Waals surface area (Å²) in [5, 5.41) is 7.11. The molecule has 0 spiro atoms. The van der Waals surface area contributed by atoms with Crippen LogP contribution in [-0.2, 0) is 0 Å². The van der Waals surface area contributed by atoms with Gasteiger partial charge in [-0.25, -0.2) is 4.98 Å². The maximum Gasteiger partial charge on any atom is 0.161 e. The molecule has 0 aliphatic rings. The molecule has 1 unspecified atom stereocenters. The number of nitrogens with one attached hydrogen (secondary N) is 1. The third kappa shape index (κ3) is 3.57. The first-order valence-electron chi connectivity index (χ1n) is 7.64. The molecule has 0 radical (unpaired) electrons. The van der Waals surface area contributed by atoms with Gasteiger partial charge in [0.05, 0.1) is 19.3 Å². The van der Waals surface area contributed by atoms with Gasteiger partial charge in [-0.3, -0.25) is 5.10 Å². The van der Waals surface area contributed by atoms with Crippen LogP contribution in [0.3, 0.4) is 0 Å². The van der Waals surface area contributed by atoms with Crippen LogP contribution in [-0.4, -0.2) is 28.4 Å². The van der Waals surface area contributed by atoms with E-state index in [0.29, 0.717) is 24.8 Å². The van der Waals surface area contributed by atoms with Gasteiger partial charge in [0, 0.05) is 5.92 Å². The second-order valence-corrected chi connectivity index (χ2v) is 5.28. The second kappa shape index (κ2) is 7.26. The van der Waals surface area contributed by atoms with Crippen LogP contribution in [0.4, 0.5) is 0 Å². The molecule has 0 bridgehead atoms. The zero-order chi connectivity index (χ0) is 16.1. The van der Waals surface area contributed by atoms with Crippen molar-refractivity contribution in [2.24, 2.45) is 5.73 Å². The summed E-state index contributed by atoms with van der Waals surface area (Å²) < 4.78 is 11.2. The predicted octanol–water partition coefficient (Wildman–Crippen LogP) is 2.77. The van der Waals surface area contributed by atoms with Gasteiger partial charge in [0.2, 0.25) is 0 Å². The fourth-order valence-electron chi connectivity index (χ4n) is 2.10. The van der Waals surface area contributed by atoms with Gasteiger partial charge in [0.25, 0.3) is 0 Å². The van der Waals surface area contributed by atoms with Crippen LogP contribution in [0.1, 0.15) is 56.9 Å². The Hall–Kier alpha value is -2.08. The average Bonchev–Trinajstić information content (AvgIpc) is 2.99. The average molecular weight is 304 g/mol. The minimum Gasteiger partial charge on any atom is -0.490 e. The standard InChI is InChI=1S/C16H24N4O2/c1-5-21-12-8-7-11(9-13(12)22-6-2)14(17)16-18-15(10(3)4)19-20-16/h7-10,14H,5-6,17H2,1-4H3,(H,18,19,20). The molecule has 2 rings (SSSR count). The van der Waals surface area contributed by atoms with E-state index in [0.717, 1.165) is 17.1 Å². The second-order valence-electron chi connectivity index (χ2n) is 5.28. The van der Waals surface area contributed by atoms with E-state index in [-0.39, 0.29) is 12.0 Å². The number of nitrogens with two attached hydrogens (primary N) is 1. The summed E-state index contributed by atoms with van der Waals surface area (Å²) in [5.41, 5.74) is 7.19. The lowest BCUT2D eigenvalue weighted by atomic mass is 10.1. The van der Waals surface area contributed by atoms with Crippen LogP contribution >= 0.6 is 0 Å². The van der Waals surface area contributed by atoms with Gasteiger partial charge < -0.3 is 15.2 Å². The number of benzene rings is 1. The van der Waals surface area contributed by atoms with Crippen molar-refractivity contribution in [1.82, 2.24) is 15.2 Å².